The van der Waals surface area contributed by atoms with Crippen LogP contribution >= 0.6 is 11.3 Å². The number of aromatic hydroxyl groups is 1. The molecule has 1 unspecified atom stereocenters. The molecule has 0 bridgehead atoms. The minimum atomic E-state index is -0.791. The Bertz CT molecular complexity index is 1480. The second kappa shape index (κ2) is 21.8. The van der Waals surface area contributed by atoms with Crippen LogP contribution in [0.2, 0.25) is 0 Å². The summed E-state index contributed by atoms with van der Waals surface area (Å²) in [5.74, 6) is -1.45. The molecular weight excluding hydrogens is 695 g/mol. The first kappa shape index (κ1) is 43.6. The lowest BCUT2D eigenvalue weighted by Crippen LogP contribution is -2.59. The molecule has 1 fully saturated rings. The van der Waals surface area contributed by atoms with Gasteiger partial charge in [0.1, 0.15) is 23.8 Å². The molecule has 0 radical (unpaired) electrons. The van der Waals surface area contributed by atoms with Gasteiger partial charge in [0.2, 0.25) is 11.8 Å². The Kier molecular flexibility index (Phi) is 17.9. The van der Waals surface area contributed by atoms with Crippen LogP contribution in [-0.4, -0.2) is 94.4 Å². The van der Waals surface area contributed by atoms with E-state index in [0.717, 1.165) is 42.7 Å². The zero-order chi connectivity index (χ0) is 39.1. The number of carbonyl (C=O) groups is 5. The number of amides is 3. The maximum atomic E-state index is 14.5. The summed E-state index contributed by atoms with van der Waals surface area (Å²) < 4.78 is 5.65. The van der Waals surface area contributed by atoms with Crippen molar-refractivity contribution >= 4 is 41.3 Å². The van der Waals surface area contributed by atoms with E-state index < -0.39 is 6.04 Å². The lowest BCUT2D eigenvalue weighted by molar-refractivity contribution is -0.159. The van der Waals surface area contributed by atoms with Crippen molar-refractivity contribution in [3.63, 3.8) is 0 Å². The van der Waals surface area contributed by atoms with Crippen LogP contribution in [-0.2, 0) is 36.8 Å². The van der Waals surface area contributed by atoms with Gasteiger partial charge >= 0.3 is 5.97 Å². The standard InChI is InChI=1S/C40H61N5O7S/c1-8-12-36(48)52-25-45(40(51)37(28(6)9-2)43-39(50)34-13-10-11-20-44(34)7)33(26(3)4)18-19-35-42-32(24-53-35)38(49)41-30(21-27(5)23-46)22-29-14-16-31(47)17-15-29/h14-17,23-24,26-28,30,33-34,37,47H,8-13,18-22,25H2,1-7H3,(H,41,49)(H,43,50)/t27-,28?,30+,33+,34+,37-/m0/s1. The van der Waals surface area contributed by atoms with Crippen LogP contribution in [0.25, 0.3) is 0 Å². The first-order chi connectivity index (χ1) is 25.3. The summed E-state index contributed by atoms with van der Waals surface area (Å²) in [5.41, 5.74) is 1.19. The fourth-order valence-electron chi connectivity index (χ4n) is 6.78. The summed E-state index contributed by atoms with van der Waals surface area (Å²) in [5, 5.41) is 18.2. The number of likely N-dealkylation sites (tertiary alicyclic amines) is 1. The number of ether oxygens (including phenoxy) is 1. The minimum Gasteiger partial charge on any atom is -0.508 e. The van der Waals surface area contributed by atoms with Crippen LogP contribution < -0.4 is 10.6 Å². The molecule has 3 N–H and O–H groups in total. The number of hydrogen-bond donors (Lipinski definition) is 3. The highest BCUT2D eigenvalue weighted by atomic mass is 32.1. The monoisotopic (exact) mass is 755 g/mol. The second-order valence-corrected chi connectivity index (χ2v) is 15.9. The number of esters is 1. The molecule has 3 amide bonds. The van der Waals surface area contributed by atoms with Crippen LogP contribution in [0, 0.1) is 17.8 Å². The number of piperidine rings is 1. The van der Waals surface area contributed by atoms with Crippen molar-refractivity contribution < 1.29 is 33.8 Å². The van der Waals surface area contributed by atoms with Gasteiger partial charge in [-0.25, -0.2) is 4.98 Å². The molecule has 0 aliphatic carbocycles. The molecule has 1 aromatic carbocycles. The van der Waals surface area contributed by atoms with E-state index in [4.69, 9.17) is 4.74 Å². The maximum absolute atomic E-state index is 14.5. The van der Waals surface area contributed by atoms with E-state index >= 15 is 0 Å². The highest BCUT2D eigenvalue weighted by molar-refractivity contribution is 7.09. The molecule has 0 spiro atoms. The Morgan fingerprint density at radius 2 is 1.81 bits per heavy atom. The number of likely N-dealkylation sites (N-methyl/N-ethyl adjacent to an activating group) is 1. The molecule has 2 aromatic rings. The van der Waals surface area contributed by atoms with E-state index in [1.165, 1.54) is 11.3 Å². The van der Waals surface area contributed by atoms with Crippen molar-refractivity contribution in [2.45, 2.75) is 130 Å². The number of aromatic nitrogens is 1. The number of phenols is 1. The third kappa shape index (κ3) is 13.5. The number of phenolic OH excluding ortho intramolecular Hbond substituents is 1. The van der Waals surface area contributed by atoms with Crippen LogP contribution in [0.15, 0.2) is 29.6 Å². The molecule has 12 nitrogen and oxygen atoms in total. The van der Waals surface area contributed by atoms with Gasteiger partial charge in [-0.15, -0.1) is 11.3 Å². The number of aldehydes is 1. The molecule has 1 aliphatic rings. The largest absolute Gasteiger partial charge is 0.508 e. The Morgan fingerprint density at radius 1 is 1.09 bits per heavy atom. The van der Waals surface area contributed by atoms with E-state index in [2.05, 4.69) is 15.6 Å². The summed E-state index contributed by atoms with van der Waals surface area (Å²) in [4.78, 5) is 73.8. The number of carbonyl (C=O) groups excluding carboxylic acids is 5. The van der Waals surface area contributed by atoms with Crippen LogP contribution in [0.3, 0.4) is 0 Å². The quantitative estimate of drug-likeness (QED) is 0.0848. The average molecular weight is 756 g/mol. The van der Waals surface area contributed by atoms with Crippen LogP contribution in [0.4, 0.5) is 0 Å². The molecule has 1 saturated heterocycles. The first-order valence-corrected chi connectivity index (χ1v) is 20.1. The number of nitrogens with zero attached hydrogens (tertiary/aromatic N) is 3. The number of aryl methyl sites for hydroxylation is 1. The topological polar surface area (TPSA) is 158 Å². The van der Waals surface area contributed by atoms with Gasteiger partial charge in [-0.2, -0.15) is 0 Å². The molecule has 6 atom stereocenters. The smallest absolute Gasteiger partial charge is 0.307 e. The number of benzene rings is 1. The zero-order valence-electron chi connectivity index (χ0n) is 32.6. The lowest BCUT2D eigenvalue weighted by Gasteiger charge is -2.39. The fraction of sp³-hybridized carbons (Fsp3) is 0.650. The molecule has 53 heavy (non-hydrogen) atoms. The number of thiazole rings is 1. The van der Waals surface area contributed by atoms with Crippen molar-refractivity contribution in [2.24, 2.45) is 17.8 Å². The van der Waals surface area contributed by atoms with Gasteiger partial charge in [0.05, 0.1) is 11.0 Å². The Labute approximate surface area is 319 Å². The summed E-state index contributed by atoms with van der Waals surface area (Å²) in [7, 11) is 1.94. The Balaban J connectivity index is 1.79. The van der Waals surface area contributed by atoms with E-state index in [-0.39, 0.29) is 84.2 Å². The van der Waals surface area contributed by atoms with Crippen molar-refractivity contribution in [3.8, 4) is 5.75 Å². The van der Waals surface area contributed by atoms with Gasteiger partial charge in [0, 0.05) is 36.2 Å². The second-order valence-electron chi connectivity index (χ2n) is 14.9. The summed E-state index contributed by atoms with van der Waals surface area (Å²) in [6.07, 6.45) is 7.03. The highest BCUT2D eigenvalue weighted by Crippen LogP contribution is 2.24. The third-order valence-corrected chi connectivity index (χ3v) is 11.1. The predicted octanol–water partition coefficient (Wildman–Crippen LogP) is 5.52. The minimum absolute atomic E-state index is 0.0233. The van der Waals surface area contributed by atoms with Crippen molar-refractivity contribution in [2.75, 3.05) is 20.3 Å². The van der Waals surface area contributed by atoms with Gasteiger partial charge in [0.15, 0.2) is 6.73 Å². The Morgan fingerprint density at radius 3 is 2.43 bits per heavy atom. The SMILES string of the molecule is CCCC(=O)OCN(C(=O)[C@@H](NC(=O)[C@H]1CCCCN1C)C(C)CC)[C@H](CCc1nc(C(=O)N[C@@H](Cc2ccc(O)cc2)C[C@H](C)C=O)cs1)C(C)C. The number of nitrogens with one attached hydrogen (secondary N) is 2. The molecular formula is C40H61N5O7S. The third-order valence-electron chi connectivity index (χ3n) is 10.2. The number of rotatable bonds is 21. The van der Waals surface area contributed by atoms with Crippen molar-refractivity contribution in [1.82, 2.24) is 25.4 Å². The fourth-order valence-corrected chi connectivity index (χ4v) is 7.58. The lowest BCUT2D eigenvalue weighted by atomic mass is 9.93. The zero-order valence-corrected chi connectivity index (χ0v) is 33.5. The summed E-state index contributed by atoms with van der Waals surface area (Å²) in [6, 6.07) is 5.00. The molecule has 1 aromatic heterocycles. The predicted molar refractivity (Wildman–Crippen MR) is 206 cm³/mol. The molecule has 3 rings (SSSR count). The molecule has 294 valence electrons. The van der Waals surface area contributed by atoms with Gasteiger partial charge in [-0.05, 0) is 81.6 Å². The van der Waals surface area contributed by atoms with Crippen molar-refractivity contribution in [3.05, 3.63) is 45.9 Å². The van der Waals surface area contributed by atoms with Crippen LogP contribution in [0.1, 0.15) is 114 Å². The summed E-state index contributed by atoms with van der Waals surface area (Å²) in [6.45, 7) is 12.3. The normalized spacial score (nSPS) is 17.6. The average Bonchev–Trinajstić information content (AvgIpc) is 3.61. The molecule has 13 heteroatoms. The first-order valence-electron chi connectivity index (χ1n) is 19.2. The van der Waals surface area contributed by atoms with Gasteiger partial charge in [-0.3, -0.25) is 24.1 Å². The van der Waals surface area contributed by atoms with Gasteiger partial charge < -0.3 is 30.2 Å². The maximum Gasteiger partial charge on any atom is 0.307 e. The number of hydrogen-bond acceptors (Lipinski definition) is 10. The molecule has 0 saturated carbocycles. The van der Waals surface area contributed by atoms with E-state index in [0.29, 0.717) is 38.5 Å². The van der Waals surface area contributed by atoms with Gasteiger partial charge in [-0.1, -0.05) is 66.5 Å². The highest BCUT2D eigenvalue weighted by Gasteiger charge is 2.37. The van der Waals surface area contributed by atoms with E-state index in [1.54, 1.807) is 34.5 Å². The van der Waals surface area contributed by atoms with E-state index in [9.17, 15) is 29.1 Å². The molecule has 1 aliphatic heterocycles. The summed E-state index contributed by atoms with van der Waals surface area (Å²) >= 11 is 1.36. The molecule has 2 heterocycles. The van der Waals surface area contributed by atoms with Crippen LogP contribution in [0.5, 0.6) is 5.75 Å². The van der Waals surface area contributed by atoms with Gasteiger partial charge in [0.25, 0.3) is 5.91 Å². The Hall–Kier alpha value is -3.84. The van der Waals surface area contributed by atoms with Crippen molar-refractivity contribution in [1.29, 1.82) is 0 Å². The van der Waals surface area contributed by atoms with E-state index in [1.807, 2.05) is 53.5 Å².